The number of hydrogen-bond donors (Lipinski definition) is 0. The lowest BCUT2D eigenvalue weighted by Crippen LogP contribution is -2.33. The third-order valence-electron chi connectivity index (χ3n) is 3.12. The summed E-state index contributed by atoms with van der Waals surface area (Å²) in [5.41, 5.74) is 0.108. The number of ether oxygens (including phenoxy) is 1. The maximum Gasteiger partial charge on any atom is 0.257 e. The topological polar surface area (TPSA) is 55.3 Å². The first kappa shape index (κ1) is 16.2. The van der Waals surface area contributed by atoms with Crippen molar-refractivity contribution >= 4 is 17.5 Å². The molecule has 116 valence electrons. The van der Waals surface area contributed by atoms with E-state index in [0.717, 1.165) is 6.07 Å². The number of carbonyl (C=O) groups excluding carboxylic acids is 1. The van der Waals surface area contributed by atoms with Crippen LogP contribution in [0.1, 0.15) is 24.2 Å². The Labute approximate surface area is 132 Å². The van der Waals surface area contributed by atoms with Gasteiger partial charge < -0.3 is 9.64 Å². The number of halogens is 2. The van der Waals surface area contributed by atoms with Crippen LogP contribution >= 0.6 is 11.6 Å². The molecule has 1 amide bonds. The Balaban J connectivity index is 2.40. The lowest BCUT2D eigenvalue weighted by Gasteiger charge is -2.22. The van der Waals surface area contributed by atoms with Crippen LogP contribution in [-0.4, -0.2) is 33.9 Å². The second-order valence-electron chi connectivity index (χ2n) is 4.93. The van der Waals surface area contributed by atoms with Crippen molar-refractivity contribution in [1.82, 2.24) is 14.9 Å². The van der Waals surface area contributed by atoms with Gasteiger partial charge >= 0.3 is 0 Å². The van der Waals surface area contributed by atoms with E-state index >= 15 is 0 Å². The molecule has 2 aromatic rings. The monoisotopic (exact) mass is 323 g/mol. The molecular weight excluding hydrogens is 309 g/mol. The average Bonchev–Trinajstić information content (AvgIpc) is 2.49. The van der Waals surface area contributed by atoms with Gasteiger partial charge in [0.15, 0.2) is 10.9 Å². The van der Waals surface area contributed by atoms with Gasteiger partial charge in [-0.3, -0.25) is 4.79 Å². The molecule has 1 heterocycles. The molecule has 0 saturated carbocycles. The van der Waals surface area contributed by atoms with Crippen LogP contribution in [0.3, 0.4) is 0 Å². The van der Waals surface area contributed by atoms with Crippen molar-refractivity contribution in [3.05, 3.63) is 47.3 Å². The molecule has 0 radical (unpaired) electrons. The van der Waals surface area contributed by atoms with Crippen molar-refractivity contribution < 1.29 is 13.9 Å². The summed E-state index contributed by atoms with van der Waals surface area (Å²) in [6.45, 7) is 3.72. The number of aromatic nitrogens is 2. The van der Waals surface area contributed by atoms with Gasteiger partial charge in [-0.05, 0) is 32.0 Å². The van der Waals surface area contributed by atoms with E-state index in [9.17, 15) is 9.18 Å². The molecule has 1 aromatic carbocycles. The first-order valence-corrected chi connectivity index (χ1v) is 6.98. The van der Waals surface area contributed by atoms with Crippen LogP contribution in [0, 0.1) is 5.82 Å². The van der Waals surface area contributed by atoms with Gasteiger partial charge in [0.05, 0.1) is 11.8 Å². The fraction of sp³-hybridized carbons (Fsp3) is 0.267. The van der Waals surface area contributed by atoms with Crippen molar-refractivity contribution in [2.24, 2.45) is 0 Å². The van der Waals surface area contributed by atoms with Crippen LogP contribution < -0.4 is 4.74 Å². The number of amides is 1. The molecule has 0 atom stereocenters. The van der Waals surface area contributed by atoms with E-state index in [0.29, 0.717) is 0 Å². The quantitative estimate of drug-likeness (QED) is 0.808. The van der Waals surface area contributed by atoms with Crippen LogP contribution in [0.25, 0.3) is 0 Å². The molecule has 0 aliphatic carbocycles. The highest BCUT2D eigenvalue weighted by atomic mass is 35.5. The smallest absolute Gasteiger partial charge is 0.257 e. The fourth-order valence-electron chi connectivity index (χ4n) is 1.67. The van der Waals surface area contributed by atoms with E-state index < -0.39 is 5.82 Å². The Morgan fingerprint density at radius 2 is 2.09 bits per heavy atom. The molecule has 2 rings (SSSR count). The molecule has 0 N–H and O–H groups in total. The Morgan fingerprint density at radius 3 is 2.73 bits per heavy atom. The summed E-state index contributed by atoms with van der Waals surface area (Å²) in [6, 6.07) is 3.68. The number of hydrogen-bond acceptors (Lipinski definition) is 4. The average molecular weight is 324 g/mol. The Hall–Kier alpha value is -2.21. The molecule has 22 heavy (non-hydrogen) atoms. The predicted octanol–water partition coefficient (Wildman–Crippen LogP) is 3.54. The summed E-state index contributed by atoms with van der Waals surface area (Å²) < 4.78 is 19.1. The normalized spacial score (nSPS) is 10.6. The third kappa shape index (κ3) is 3.51. The summed E-state index contributed by atoms with van der Waals surface area (Å²) in [5.74, 6) is -0.492. The van der Waals surface area contributed by atoms with Gasteiger partial charge in [0.2, 0.25) is 0 Å². The lowest BCUT2D eigenvalue weighted by atomic mass is 10.1. The van der Waals surface area contributed by atoms with Gasteiger partial charge in [-0.2, -0.15) is 0 Å². The zero-order chi connectivity index (χ0) is 16.3. The summed E-state index contributed by atoms with van der Waals surface area (Å²) in [7, 11) is 1.64. The fourth-order valence-corrected chi connectivity index (χ4v) is 1.80. The number of carbonyl (C=O) groups is 1. The van der Waals surface area contributed by atoms with E-state index in [4.69, 9.17) is 16.3 Å². The van der Waals surface area contributed by atoms with Gasteiger partial charge in [0, 0.05) is 13.1 Å². The van der Waals surface area contributed by atoms with Crippen molar-refractivity contribution in [1.29, 1.82) is 0 Å². The van der Waals surface area contributed by atoms with E-state index in [1.807, 2.05) is 13.8 Å². The standard InChI is InChI=1S/C15H15ClFN3O2/c1-9(2)20(3)15(21)11-6-10(17)4-5-12(11)22-13-7-18-8-19-14(13)16/h4-9H,1-3H3. The highest BCUT2D eigenvalue weighted by Crippen LogP contribution is 2.30. The summed E-state index contributed by atoms with van der Waals surface area (Å²) in [5, 5.41) is 0.106. The van der Waals surface area contributed by atoms with Crippen LogP contribution in [0.2, 0.25) is 5.15 Å². The molecule has 7 heteroatoms. The lowest BCUT2D eigenvalue weighted by molar-refractivity contribution is 0.0752. The molecule has 0 aliphatic rings. The van der Waals surface area contributed by atoms with E-state index in [1.54, 1.807) is 7.05 Å². The number of rotatable bonds is 4. The second kappa shape index (κ2) is 6.70. The Morgan fingerprint density at radius 1 is 1.36 bits per heavy atom. The SMILES string of the molecule is CC(C)N(C)C(=O)c1cc(F)ccc1Oc1cncnc1Cl. The van der Waals surface area contributed by atoms with Crippen LogP contribution in [0.5, 0.6) is 11.5 Å². The van der Waals surface area contributed by atoms with Crippen LogP contribution in [-0.2, 0) is 0 Å². The highest BCUT2D eigenvalue weighted by Gasteiger charge is 2.20. The van der Waals surface area contributed by atoms with Crippen molar-refractivity contribution in [3.8, 4) is 11.5 Å². The molecule has 0 unspecified atom stereocenters. The van der Waals surface area contributed by atoms with Gasteiger partial charge in [0.25, 0.3) is 5.91 Å². The van der Waals surface area contributed by atoms with Gasteiger partial charge in [-0.15, -0.1) is 0 Å². The predicted molar refractivity (Wildman–Crippen MR) is 80.7 cm³/mol. The highest BCUT2D eigenvalue weighted by molar-refractivity contribution is 6.30. The van der Waals surface area contributed by atoms with Crippen LogP contribution in [0.4, 0.5) is 4.39 Å². The van der Waals surface area contributed by atoms with Crippen molar-refractivity contribution in [3.63, 3.8) is 0 Å². The minimum absolute atomic E-state index is 0.0349. The maximum absolute atomic E-state index is 13.5. The summed E-state index contributed by atoms with van der Waals surface area (Å²) in [4.78, 5) is 21.5. The zero-order valence-corrected chi connectivity index (χ0v) is 13.1. The number of nitrogens with zero attached hydrogens (tertiary/aromatic N) is 3. The first-order chi connectivity index (χ1) is 10.4. The van der Waals surface area contributed by atoms with Crippen molar-refractivity contribution in [2.45, 2.75) is 19.9 Å². The minimum atomic E-state index is -0.525. The summed E-state index contributed by atoms with van der Waals surface area (Å²) >= 11 is 5.90. The molecule has 0 spiro atoms. The van der Waals surface area contributed by atoms with E-state index in [1.165, 1.54) is 29.6 Å². The molecule has 0 bridgehead atoms. The van der Waals surface area contributed by atoms with Gasteiger partial charge in [-0.25, -0.2) is 14.4 Å². The third-order valence-corrected chi connectivity index (χ3v) is 3.40. The van der Waals surface area contributed by atoms with Crippen molar-refractivity contribution in [2.75, 3.05) is 7.05 Å². The molecular formula is C15H15ClFN3O2. The van der Waals surface area contributed by atoms with E-state index in [2.05, 4.69) is 9.97 Å². The molecule has 0 saturated heterocycles. The largest absolute Gasteiger partial charge is 0.452 e. The molecule has 5 nitrogen and oxygen atoms in total. The molecule has 0 fully saturated rings. The molecule has 0 aliphatic heterocycles. The second-order valence-corrected chi connectivity index (χ2v) is 5.29. The van der Waals surface area contributed by atoms with Gasteiger partial charge in [-0.1, -0.05) is 11.6 Å². The number of benzene rings is 1. The Kier molecular flexibility index (Phi) is 4.92. The van der Waals surface area contributed by atoms with Crippen LogP contribution in [0.15, 0.2) is 30.7 Å². The maximum atomic E-state index is 13.5. The summed E-state index contributed by atoms with van der Waals surface area (Å²) in [6.07, 6.45) is 2.65. The first-order valence-electron chi connectivity index (χ1n) is 6.60. The Bertz CT molecular complexity index is 694. The minimum Gasteiger partial charge on any atom is -0.452 e. The van der Waals surface area contributed by atoms with Gasteiger partial charge in [0.1, 0.15) is 17.9 Å². The molecule has 1 aromatic heterocycles. The zero-order valence-electron chi connectivity index (χ0n) is 12.4. The van der Waals surface area contributed by atoms with E-state index in [-0.39, 0.29) is 34.2 Å².